The van der Waals surface area contributed by atoms with Crippen molar-refractivity contribution >= 4 is 0 Å². The molecule has 1 unspecified atom stereocenters. The molecule has 3 fully saturated rings. The van der Waals surface area contributed by atoms with Gasteiger partial charge in [0, 0.05) is 7.11 Å². The van der Waals surface area contributed by atoms with Crippen LogP contribution in [0.2, 0.25) is 0 Å². The van der Waals surface area contributed by atoms with Crippen molar-refractivity contribution in [2.45, 2.75) is 154 Å². The lowest BCUT2D eigenvalue weighted by atomic mass is 9.64. The van der Waals surface area contributed by atoms with E-state index in [2.05, 4.69) is 31.2 Å². The molecule has 3 saturated carbocycles. The lowest BCUT2D eigenvalue weighted by molar-refractivity contribution is 0.102. The third-order valence-electron chi connectivity index (χ3n) is 11.8. The Labute approximate surface area is 247 Å². The summed E-state index contributed by atoms with van der Waals surface area (Å²) in [7, 11) is 1.83. The van der Waals surface area contributed by atoms with Crippen LogP contribution in [0.3, 0.4) is 0 Å². The number of methoxy groups -OCH3 is 1. The molecule has 2 heteroatoms. The van der Waals surface area contributed by atoms with Crippen molar-refractivity contribution in [3.63, 3.8) is 0 Å². The standard InChI is InChI=1S/C38H63FO/c1-30(40-2)10-9-14-33-12-6-7-13-34(33)20-17-32-18-23-36(24-19-32)38-27-25-37(26-28-38)35-21-15-31(16-22-35)11-5-3-4-8-29-39/h6-7,12-13,30-32,35-38H,3-5,8-11,14-29H2,1-2H3. The highest BCUT2D eigenvalue weighted by Crippen LogP contribution is 2.46. The van der Waals surface area contributed by atoms with Crippen LogP contribution in [0.25, 0.3) is 0 Å². The first-order valence-corrected chi connectivity index (χ1v) is 17.8. The zero-order chi connectivity index (χ0) is 28.0. The summed E-state index contributed by atoms with van der Waals surface area (Å²) in [5.74, 6) is 6.06. The van der Waals surface area contributed by atoms with Gasteiger partial charge in [-0.15, -0.1) is 0 Å². The molecule has 0 amide bonds. The SMILES string of the molecule is COC(C)CCCc1ccccc1CCC1CCC(C2CCC(C3CCC(CCCCCCF)CC3)CC2)CC1. The number of unbranched alkanes of at least 4 members (excludes halogenated alkanes) is 3. The van der Waals surface area contributed by atoms with Crippen LogP contribution in [0.5, 0.6) is 0 Å². The highest BCUT2D eigenvalue weighted by molar-refractivity contribution is 5.27. The third kappa shape index (κ3) is 10.4. The minimum atomic E-state index is -0.125. The first kappa shape index (κ1) is 32.0. The molecule has 1 aromatic rings. The summed E-state index contributed by atoms with van der Waals surface area (Å²) in [4.78, 5) is 0. The van der Waals surface area contributed by atoms with Crippen molar-refractivity contribution in [2.24, 2.45) is 35.5 Å². The smallest absolute Gasteiger partial charge is 0.0894 e. The second-order valence-electron chi connectivity index (χ2n) is 14.4. The van der Waals surface area contributed by atoms with E-state index in [4.69, 9.17) is 4.74 Å². The fourth-order valence-corrected chi connectivity index (χ4v) is 8.97. The van der Waals surface area contributed by atoms with E-state index in [1.54, 1.807) is 11.1 Å². The number of alkyl halides is 1. The number of benzene rings is 1. The molecule has 40 heavy (non-hydrogen) atoms. The average Bonchev–Trinajstić information content (AvgIpc) is 3.01. The zero-order valence-electron chi connectivity index (χ0n) is 26.4. The molecule has 1 atom stereocenters. The Bertz CT molecular complexity index is 782. The Balaban J connectivity index is 1.09. The predicted octanol–water partition coefficient (Wildman–Crippen LogP) is 11.3. The predicted molar refractivity (Wildman–Crippen MR) is 170 cm³/mol. The van der Waals surface area contributed by atoms with Crippen LogP contribution < -0.4 is 0 Å². The summed E-state index contributed by atoms with van der Waals surface area (Å²) >= 11 is 0. The maximum atomic E-state index is 12.3. The lowest BCUT2D eigenvalue weighted by Crippen LogP contribution is -2.29. The molecule has 3 aliphatic rings. The van der Waals surface area contributed by atoms with Crippen LogP contribution >= 0.6 is 0 Å². The van der Waals surface area contributed by atoms with E-state index in [1.807, 2.05) is 7.11 Å². The van der Waals surface area contributed by atoms with E-state index >= 15 is 0 Å². The van der Waals surface area contributed by atoms with Gasteiger partial charge in [0.25, 0.3) is 0 Å². The monoisotopic (exact) mass is 554 g/mol. The van der Waals surface area contributed by atoms with E-state index in [-0.39, 0.29) is 6.67 Å². The van der Waals surface area contributed by atoms with Crippen molar-refractivity contribution < 1.29 is 9.13 Å². The first-order chi connectivity index (χ1) is 19.7. The Morgan fingerprint density at radius 2 is 1.10 bits per heavy atom. The van der Waals surface area contributed by atoms with Gasteiger partial charge in [0.1, 0.15) is 0 Å². The number of halogens is 1. The largest absolute Gasteiger partial charge is 0.382 e. The molecule has 0 spiro atoms. The Hall–Kier alpha value is -0.890. The molecule has 0 heterocycles. The van der Waals surface area contributed by atoms with Gasteiger partial charge in [-0.2, -0.15) is 0 Å². The van der Waals surface area contributed by atoms with E-state index in [9.17, 15) is 4.39 Å². The zero-order valence-corrected chi connectivity index (χ0v) is 26.4. The van der Waals surface area contributed by atoms with Gasteiger partial charge in [-0.25, -0.2) is 0 Å². The van der Waals surface area contributed by atoms with Crippen LogP contribution in [-0.4, -0.2) is 19.9 Å². The van der Waals surface area contributed by atoms with Crippen molar-refractivity contribution in [1.29, 1.82) is 0 Å². The molecular formula is C38H63FO. The van der Waals surface area contributed by atoms with Gasteiger partial charge < -0.3 is 4.74 Å². The third-order valence-corrected chi connectivity index (χ3v) is 11.8. The maximum Gasteiger partial charge on any atom is 0.0894 e. The molecule has 1 aromatic carbocycles. The summed E-state index contributed by atoms with van der Waals surface area (Å²) in [5, 5.41) is 0. The van der Waals surface area contributed by atoms with Crippen molar-refractivity contribution in [3.8, 4) is 0 Å². The van der Waals surface area contributed by atoms with Gasteiger partial charge in [0.15, 0.2) is 0 Å². The topological polar surface area (TPSA) is 9.23 Å². The second kappa shape index (κ2) is 17.9. The van der Waals surface area contributed by atoms with Crippen molar-refractivity contribution in [2.75, 3.05) is 13.8 Å². The average molecular weight is 555 g/mol. The van der Waals surface area contributed by atoms with Gasteiger partial charge in [-0.3, -0.25) is 4.39 Å². The van der Waals surface area contributed by atoms with Crippen LogP contribution in [-0.2, 0) is 17.6 Å². The van der Waals surface area contributed by atoms with Crippen LogP contribution in [0.4, 0.5) is 4.39 Å². The maximum absolute atomic E-state index is 12.3. The van der Waals surface area contributed by atoms with Gasteiger partial charge >= 0.3 is 0 Å². The number of ether oxygens (including phenoxy) is 1. The molecular weight excluding hydrogens is 491 g/mol. The minimum absolute atomic E-state index is 0.125. The van der Waals surface area contributed by atoms with Crippen LogP contribution in [0.15, 0.2) is 24.3 Å². The lowest BCUT2D eigenvalue weighted by Gasteiger charge is -2.41. The van der Waals surface area contributed by atoms with E-state index < -0.39 is 0 Å². The molecule has 3 aliphatic carbocycles. The molecule has 0 aliphatic heterocycles. The molecule has 0 saturated heterocycles. The molecule has 0 bridgehead atoms. The van der Waals surface area contributed by atoms with E-state index in [0.717, 1.165) is 54.8 Å². The Morgan fingerprint density at radius 1 is 0.625 bits per heavy atom. The Morgan fingerprint density at radius 3 is 1.62 bits per heavy atom. The first-order valence-electron chi connectivity index (χ1n) is 17.8. The highest BCUT2D eigenvalue weighted by Gasteiger charge is 2.34. The number of aryl methyl sites for hydroxylation is 2. The number of rotatable bonds is 16. The summed E-state index contributed by atoms with van der Waals surface area (Å²) in [6.07, 6.45) is 30.6. The normalized spacial score (nSPS) is 30.3. The summed E-state index contributed by atoms with van der Waals surface area (Å²) in [5.41, 5.74) is 3.19. The van der Waals surface area contributed by atoms with E-state index in [1.165, 1.54) is 122 Å². The van der Waals surface area contributed by atoms with Crippen molar-refractivity contribution in [1.82, 2.24) is 0 Å². The number of hydrogen-bond acceptors (Lipinski definition) is 1. The van der Waals surface area contributed by atoms with Crippen LogP contribution in [0, 0.1) is 35.5 Å². The molecule has 0 N–H and O–H groups in total. The van der Waals surface area contributed by atoms with E-state index in [0.29, 0.717) is 6.10 Å². The van der Waals surface area contributed by atoms with Gasteiger partial charge in [-0.1, -0.05) is 75.6 Å². The summed E-state index contributed by atoms with van der Waals surface area (Å²) in [6, 6.07) is 9.23. The minimum Gasteiger partial charge on any atom is -0.382 e. The fourth-order valence-electron chi connectivity index (χ4n) is 8.97. The highest BCUT2D eigenvalue weighted by atomic mass is 19.1. The van der Waals surface area contributed by atoms with Crippen LogP contribution in [0.1, 0.15) is 146 Å². The Kier molecular flexibility index (Phi) is 14.4. The molecule has 4 rings (SSSR count). The summed E-state index contributed by atoms with van der Waals surface area (Å²) in [6.45, 7) is 2.06. The van der Waals surface area contributed by atoms with Gasteiger partial charge in [0.2, 0.25) is 0 Å². The quantitative estimate of drug-likeness (QED) is 0.185. The fraction of sp³-hybridized carbons (Fsp3) is 0.842. The molecule has 1 nitrogen and oxygen atoms in total. The molecule has 0 aromatic heterocycles. The summed E-state index contributed by atoms with van der Waals surface area (Å²) < 4.78 is 17.7. The number of hydrogen-bond donors (Lipinski definition) is 0. The van der Waals surface area contributed by atoms with Gasteiger partial charge in [-0.05, 0) is 143 Å². The second-order valence-corrected chi connectivity index (χ2v) is 14.4. The van der Waals surface area contributed by atoms with Gasteiger partial charge in [0.05, 0.1) is 12.8 Å². The molecule has 228 valence electrons. The molecule has 0 radical (unpaired) electrons. The van der Waals surface area contributed by atoms with Crippen molar-refractivity contribution in [3.05, 3.63) is 35.4 Å².